The molecule has 162 valence electrons. The normalized spacial score (nSPS) is 20.6. The molecule has 1 aliphatic heterocycles. The highest BCUT2D eigenvalue weighted by atomic mass is 35.5. The largest absolute Gasteiger partial charge is 0.481 e. The third kappa shape index (κ3) is 5.69. The van der Waals surface area contributed by atoms with Crippen LogP contribution in [0.15, 0.2) is 24.3 Å². The number of benzene rings is 1. The second-order valence-corrected chi connectivity index (χ2v) is 9.19. The number of amides is 1. The Labute approximate surface area is 177 Å². The molecule has 1 aromatic carbocycles. The number of aliphatic carboxylic acids is 1. The number of hydrogen-bond donors (Lipinski definition) is 3. The van der Waals surface area contributed by atoms with Gasteiger partial charge in [-0.05, 0) is 38.3 Å². The second-order valence-electron chi connectivity index (χ2n) is 8.78. The van der Waals surface area contributed by atoms with Crippen LogP contribution in [0.3, 0.4) is 0 Å². The lowest BCUT2D eigenvalue weighted by atomic mass is 9.87. The average Bonchev–Trinajstić information content (AvgIpc) is 2.62. The smallest absolute Gasteiger partial charge is 0.306 e. The van der Waals surface area contributed by atoms with E-state index in [0.717, 1.165) is 0 Å². The van der Waals surface area contributed by atoms with E-state index in [4.69, 9.17) is 17.3 Å². The lowest BCUT2D eigenvalue weighted by Gasteiger charge is -2.47. The Balaban J connectivity index is 2.07. The number of halogens is 1. The van der Waals surface area contributed by atoms with Crippen LogP contribution in [0.4, 0.5) is 5.69 Å². The van der Waals surface area contributed by atoms with Crippen molar-refractivity contribution < 1.29 is 19.8 Å². The van der Waals surface area contributed by atoms with E-state index in [9.17, 15) is 19.8 Å². The number of aliphatic hydroxyl groups is 1. The number of piperazine rings is 1. The molecule has 1 saturated heterocycles. The molecule has 1 aliphatic rings. The molecule has 0 aromatic heterocycles. The molecular formula is C21H32ClN3O4. The first kappa shape index (κ1) is 23.6. The molecule has 0 spiro atoms. The van der Waals surface area contributed by atoms with Gasteiger partial charge in [0.25, 0.3) is 0 Å². The van der Waals surface area contributed by atoms with Crippen LogP contribution < -0.4 is 10.6 Å². The zero-order chi connectivity index (χ0) is 21.9. The topological polar surface area (TPSA) is 107 Å². The standard InChI is InChI=1S/C21H32ClN3O4/c1-13(2)14(20(28)29)9-18(26)16(23)10-24-11-19(27)25(12-21(24,3)4)17-8-6-5-7-15(17)22/h5-8,13-14,16,18,26H,9-12,23H2,1-4H3,(H,28,29). The van der Waals surface area contributed by atoms with Crippen molar-refractivity contribution in [1.29, 1.82) is 0 Å². The Morgan fingerprint density at radius 2 is 1.93 bits per heavy atom. The van der Waals surface area contributed by atoms with E-state index in [1.165, 1.54) is 0 Å². The second kappa shape index (κ2) is 9.43. The highest BCUT2D eigenvalue weighted by molar-refractivity contribution is 6.33. The molecule has 1 fully saturated rings. The number of rotatable bonds is 8. The Hall–Kier alpha value is -1.67. The van der Waals surface area contributed by atoms with Gasteiger partial charge in [-0.3, -0.25) is 14.5 Å². The summed E-state index contributed by atoms with van der Waals surface area (Å²) >= 11 is 6.27. The molecule has 0 radical (unpaired) electrons. The zero-order valence-electron chi connectivity index (χ0n) is 17.5. The van der Waals surface area contributed by atoms with Crippen LogP contribution >= 0.6 is 11.6 Å². The maximum absolute atomic E-state index is 12.8. The summed E-state index contributed by atoms with van der Waals surface area (Å²) < 4.78 is 0. The predicted octanol–water partition coefficient (Wildman–Crippen LogP) is 2.20. The number of carbonyl (C=O) groups is 2. The quantitative estimate of drug-likeness (QED) is 0.589. The van der Waals surface area contributed by atoms with E-state index in [2.05, 4.69) is 0 Å². The van der Waals surface area contributed by atoms with Crippen LogP contribution in [0.1, 0.15) is 34.1 Å². The average molecular weight is 426 g/mol. The van der Waals surface area contributed by atoms with Crippen LogP contribution in [0, 0.1) is 11.8 Å². The lowest BCUT2D eigenvalue weighted by molar-refractivity contribution is -0.144. The molecule has 0 bridgehead atoms. The van der Waals surface area contributed by atoms with Crippen molar-refractivity contribution in [1.82, 2.24) is 4.90 Å². The fraction of sp³-hybridized carbons (Fsp3) is 0.619. The van der Waals surface area contributed by atoms with Gasteiger partial charge in [0.15, 0.2) is 0 Å². The highest BCUT2D eigenvalue weighted by Crippen LogP contribution is 2.31. The monoisotopic (exact) mass is 425 g/mol. The molecule has 1 aromatic rings. The van der Waals surface area contributed by atoms with E-state index in [-0.39, 0.29) is 24.8 Å². The van der Waals surface area contributed by atoms with Crippen LogP contribution in [0.25, 0.3) is 0 Å². The van der Waals surface area contributed by atoms with Crippen molar-refractivity contribution in [2.24, 2.45) is 17.6 Å². The summed E-state index contributed by atoms with van der Waals surface area (Å²) in [5, 5.41) is 20.4. The number of carboxylic acid groups (broad SMARTS) is 1. The minimum absolute atomic E-state index is 0.0854. The van der Waals surface area contributed by atoms with Gasteiger partial charge in [0, 0.05) is 24.7 Å². The number of aliphatic hydroxyl groups excluding tert-OH is 1. The van der Waals surface area contributed by atoms with Crippen LogP contribution in [0.5, 0.6) is 0 Å². The van der Waals surface area contributed by atoms with Gasteiger partial charge in [-0.2, -0.15) is 0 Å². The molecule has 2 rings (SSSR count). The van der Waals surface area contributed by atoms with Crippen molar-refractivity contribution in [3.63, 3.8) is 0 Å². The van der Waals surface area contributed by atoms with E-state index < -0.39 is 29.6 Å². The minimum Gasteiger partial charge on any atom is -0.481 e. The summed E-state index contributed by atoms with van der Waals surface area (Å²) in [6.45, 7) is 8.51. The summed E-state index contributed by atoms with van der Waals surface area (Å²) in [4.78, 5) is 27.8. The molecular weight excluding hydrogens is 394 g/mol. The molecule has 0 saturated carbocycles. The summed E-state index contributed by atoms with van der Waals surface area (Å²) in [5.41, 5.74) is 6.49. The molecule has 8 heteroatoms. The lowest BCUT2D eigenvalue weighted by Crippen LogP contribution is -2.64. The van der Waals surface area contributed by atoms with Gasteiger partial charge in [0.1, 0.15) is 0 Å². The SMILES string of the molecule is CC(C)C(CC(O)C(N)CN1CC(=O)N(c2ccccc2Cl)CC1(C)C)C(=O)O. The van der Waals surface area contributed by atoms with Crippen molar-refractivity contribution in [2.75, 3.05) is 24.5 Å². The number of nitrogens with two attached hydrogens (primary N) is 1. The highest BCUT2D eigenvalue weighted by Gasteiger charge is 2.40. The third-order valence-electron chi connectivity index (χ3n) is 5.71. The number of nitrogens with zero attached hydrogens (tertiary/aromatic N) is 2. The minimum atomic E-state index is -0.967. The first-order chi connectivity index (χ1) is 13.4. The molecule has 29 heavy (non-hydrogen) atoms. The van der Waals surface area contributed by atoms with Gasteiger partial charge in [-0.15, -0.1) is 0 Å². The van der Waals surface area contributed by atoms with Gasteiger partial charge in [-0.25, -0.2) is 0 Å². The van der Waals surface area contributed by atoms with Gasteiger partial charge in [0.2, 0.25) is 5.91 Å². The Morgan fingerprint density at radius 1 is 1.31 bits per heavy atom. The Morgan fingerprint density at radius 3 is 2.48 bits per heavy atom. The maximum atomic E-state index is 12.8. The van der Waals surface area contributed by atoms with Crippen LogP contribution in [-0.4, -0.2) is 64.3 Å². The Bertz CT molecular complexity index is 740. The number of hydrogen-bond acceptors (Lipinski definition) is 5. The summed E-state index contributed by atoms with van der Waals surface area (Å²) in [5.74, 6) is -1.80. The summed E-state index contributed by atoms with van der Waals surface area (Å²) in [7, 11) is 0. The van der Waals surface area contributed by atoms with Crippen molar-refractivity contribution in [3.8, 4) is 0 Å². The number of para-hydroxylation sites is 1. The van der Waals surface area contributed by atoms with E-state index in [1.54, 1.807) is 11.0 Å². The first-order valence-corrected chi connectivity index (χ1v) is 10.3. The molecule has 7 nitrogen and oxygen atoms in total. The fourth-order valence-electron chi connectivity index (χ4n) is 3.71. The molecule has 3 unspecified atom stereocenters. The first-order valence-electron chi connectivity index (χ1n) is 9.90. The zero-order valence-corrected chi connectivity index (χ0v) is 18.3. The van der Waals surface area contributed by atoms with E-state index >= 15 is 0 Å². The molecule has 4 N–H and O–H groups in total. The van der Waals surface area contributed by atoms with Gasteiger partial charge >= 0.3 is 5.97 Å². The van der Waals surface area contributed by atoms with Crippen LogP contribution in [0.2, 0.25) is 5.02 Å². The molecule has 1 heterocycles. The molecule has 1 amide bonds. The maximum Gasteiger partial charge on any atom is 0.306 e. The fourth-order valence-corrected chi connectivity index (χ4v) is 3.95. The van der Waals surface area contributed by atoms with Crippen molar-refractivity contribution in [2.45, 2.75) is 51.8 Å². The molecule has 3 atom stereocenters. The number of carbonyl (C=O) groups excluding carboxylic acids is 1. The summed E-state index contributed by atoms with van der Waals surface area (Å²) in [6.07, 6.45) is -0.881. The van der Waals surface area contributed by atoms with Crippen LogP contribution in [-0.2, 0) is 9.59 Å². The van der Waals surface area contributed by atoms with Crippen molar-refractivity contribution >= 4 is 29.2 Å². The van der Waals surface area contributed by atoms with Crippen molar-refractivity contribution in [3.05, 3.63) is 29.3 Å². The van der Waals surface area contributed by atoms with E-state index in [0.29, 0.717) is 23.8 Å². The predicted molar refractivity (Wildman–Crippen MR) is 114 cm³/mol. The van der Waals surface area contributed by atoms with Gasteiger partial charge < -0.3 is 20.8 Å². The summed E-state index contributed by atoms with van der Waals surface area (Å²) in [6, 6.07) is 6.57. The molecule has 0 aliphatic carbocycles. The van der Waals surface area contributed by atoms with Gasteiger partial charge in [-0.1, -0.05) is 37.6 Å². The van der Waals surface area contributed by atoms with E-state index in [1.807, 2.05) is 50.8 Å². The number of anilines is 1. The Kier molecular flexibility index (Phi) is 7.67. The van der Waals surface area contributed by atoms with Gasteiger partial charge in [0.05, 0.1) is 29.3 Å². The number of carboxylic acids is 1. The third-order valence-corrected chi connectivity index (χ3v) is 6.03.